The minimum Gasteiger partial charge on any atom is -0.225 e. The minimum atomic E-state index is 0.733. The highest BCUT2D eigenvalue weighted by Crippen LogP contribution is 2.11. The van der Waals surface area contributed by atoms with Gasteiger partial charge in [-0.1, -0.05) is 88.8 Å². The fourth-order valence-electron chi connectivity index (χ4n) is 2.87. The lowest BCUT2D eigenvalue weighted by Crippen LogP contribution is -2.07. The van der Waals surface area contributed by atoms with Crippen molar-refractivity contribution in [2.75, 3.05) is 0 Å². The standard InChI is InChI=1S/C20H30N4/c1-3-5-6-7-8-9-10-11-12-20-21-22-23-24(20)17-19-15-13-18(4-2)14-16-19/h4,13-16H,2-3,5-12,17H2,1H3. The molecule has 0 aliphatic rings. The van der Waals surface area contributed by atoms with Crippen molar-refractivity contribution in [1.29, 1.82) is 0 Å². The molecule has 0 aliphatic heterocycles. The van der Waals surface area contributed by atoms with Crippen molar-refractivity contribution in [3.05, 3.63) is 47.8 Å². The van der Waals surface area contributed by atoms with Crippen molar-refractivity contribution in [1.82, 2.24) is 20.2 Å². The fraction of sp³-hybridized carbons (Fsp3) is 0.550. The number of benzene rings is 1. The van der Waals surface area contributed by atoms with Gasteiger partial charge in [-0.3, -0.25) is 0 Å². The number of nitrogens with zero attached hydrogens (tertiary/aromatic N) is 4. The largest absolute Gasteiger partial charge is 0.225 e. The van der Waals surface area contributed by atoms with Gasteiger partial charge in [0.1, 0.15) is 0 Å². The van der Waals surface area contributed by atoms with Crippen molar-refractivity contribution in [2.45, 2.75) is 71.3 Å². The molecule has 4 nitrogen and oxygen atoms in total. The Morgan fingerprint density at radius 2 is 1.62 bits per heavy atom. The van der Waals surface area contributed by atoms with E-state index in [1.54, 1.807) is 0 Å². The van der Waals surface area contributed by atoms with E-state index in [9.17, 15) is 0 Å². The number of unbranched alkanes of at least 4 members (excludes halogenated alkanes) is 7. The Morgan fingerprint density at radius 1 is 0.958 bits per heavy atom. The van der Waals surface area contributed by atoms with Gasteiger partial charge in [0.2, 0.25) is 0 Å². The Labute approximate surface area is 146 Å². The highest BCUT2D eigenvalue weighted by Gasteiger charge is 2.06. The van der Waals surface area contributed by atoms with Crippen LogP contribution in [-0.4, -0.2) is 20.2 Å². The van der Waals surface area contributed by atoms with Crippen LogP contribution in [0, 0.1) is 0 Å². The van der Waals surface area contributed by atoms with E-state index in [4.69, 9.17) is 0 Å². The maximum absolute atomic E-state index is 4.19. The molecule has 1 heterocycles. The first-order valence-corrected chi connectivity index (χ1v) is 9.30. The fourth-order valence-corrected chi connectivity index (χ4v) is 2.87. The van der Waals surface area contributed by atoms with Gasteiger partial charge in [-0.25, -0.2) is 4.68 Å². The Bertz CT molecular complexity index is 586. The summed E-state index contributed by atoms with van der Waals surface area (Å²) in [5.41, 5.74) is 2.35. The van der Waals surface area contributed by atoms with E-state index >= 15 is 0 Å². The van der Waals surface area contributed by atoms with Gasteiger partial charge >= 0.3 is 0 Å². The molecule has 24 heavy (non-hydrogen) atoms. The summed E-state index contributed by atoms with van der Waals surface area (Å²) in [6.45, 7) is 6.78. The molecule has 0 fully saturated rings. The van der Waals surface area contributed by atoms with Crippen molar-refractivity contribution in [2.24, 2.45) is 0 Å². The Kier molecular flexibility index (Phi) is 8.22. The van der Waals surface area contributed by atoms with E-state index in [1.807, 2.05) is 10.8 Å². The lowest BCUT2D eigenvalue weighted by molar-refractivity contribution is 0.558. The van der Waals surface area contributed by atoms with Gasteiger partial charge in [-0.2, -0.15) is 0 Å². The molecule has 1 aromatic heterocycles. The first-order chi connectivity index (χ1) is 11.8. The number of hydrogen-bond acceptors (Lipinski definition) is 3. The average molecular weight is 326 g/mol. The maximum atomic E-state index is 4.19. The molecule has 4 heteroatoms. The third kappa shape index (κ3) is 6.26. The van der Waals surface area contributed by atoms with Crippen LogP contribution in [0.15, 0.2) is 30.8 Å². The predicted octanol–water partition coefficient (Wildman–Crippen LogP) is 5.05. The second-order valence-electron chi connectivity index (χ2n) is 6.42. The number of rotatable bonds is 12. The second kappa shape index (κ2) is 10.7. The van der Waals surface area contributed by atoms with Crippen molar-refractivity contribution >= 4 is 6.08 Å². The Hall–Kier alpha value is -1.97. The van der Waals surface area contributed by atoms with Crippen LogP contribution >= 0.6 is 0 Å². The van der Waals surface area contributed by atoms with Gasteiger partial charge in [0.25, 0.3) is 0 Å². The zero-order chi connectivity index (χ0) is 17.0. The molecule has 2 rings (SSSR count). The van der Waals surface area contributed by atoms with E-state index in [-0.39, 0.29) is 0 Å². The Morgan fingerprint density at radius 3 is 2.29 bits per heavy atom. The molecular weight excluding hydrogens is 296 g/mol. The van der Waals surface area contributed by atoms with Crippen LogP contribution in [0.2, 0.25) is 0 Å². The zero-order valence-electron chi connectivity index (χ0n) is 15.0. The van der Waals surface area contributed by atoms with Crippen LogP contribution in [0.5, 0.6) is 0 Å². The van der Waals surface area contributed by atoms with Gasteiger partial charge in [0, 0.05) is 6.42 Å². The maximum Gasteiger partial charge on any atom is 0.151 e. The highest BCUT2D eigenvalue weighted by molar-refractivity contribution is 5.47. The van der Waals surface area contributed by atoms with Gasteiger partial charge in [0.05, 0.1) is 6.54 Å². The lowest BCUT2D eigenvalue weighted by atomic mass is 10.1. The normalized spacial score (nSPS) is 10.9. The number of tetrazole rings is 1. The quantitative estimate of drug-likeness (QED) is 0.513. The monoisotopic (exact) mass is 326 g/mol. The summed E-state index contributed by atoms with van der Waals surface area (Å²) in [6.07, 6.45) is 13.4. The van der Waals surface area contributed by atoms with Crippen LogP contribution < -0.4 is 0 Å². The third-order valence-corrected chi connectivity index (χ3v) is 4.41. The van der Waals surface area contributed by atoms with E-state index < -0.39 is 0 Å². The Balaban J connectivity index is 1.71. The molecule has 0 aliphatic carbocycles. The SMILES string of the molecule is C=Cc1ccc(Cn2nnnc2CCCCCCCCCC)cc1. The molecular formula is C20H30N4. The molecule has 0 radical (unpaired) electrons. The average Bonchev–Trinajstić information content (AvgIpc) is 3.05. The molecule has 0 N–H and O–H groups in total. The first-order valence-electron chi connectivity index (χ1n) is 9.30. The van der Waals surface area contributed by atoms with Crippen molar-refractivity contribution < 1.29 is 0 Å². The summed E-state index contributed by atoms with van der Waals surface area (Å²) in [5.74, 6) is 0.994. The molecule has 0 saturated carbocycles. The summed E-state index contributed by atoms with van der Waals surface area (Å²) in [7, 11) is 0. The van der Waals surface area contributed by atoms with Gasteiger partial charge in [0.15, 0.2) is 5.82 Å². The summed E-state index contributed by atoms with van der Waals surface area (Å²) in [6, 6.07) is 8.37. The molecule has 1 aromatic carbocycles. The van der Waals surface area contributed by atoms with Crippen LogP contribution in [0.3, 0.4) is 0 Å². The van der Waals surface area contributed by atoms with Crippen LogP contribution in [0.1, 0.15) is 75.2 Å². The lowest BCUT2D eigenvalue weighted by Gasteiger charge is -2.06. The molecule has 0 spiro atoms. The summed E-state index contributed by atoms with van der Waals surface area (Å²) in [4.78, 5) is 0. The molecule has 2 aromatic rings. The third-order valence-electron chi connectivity index (χ3n) is 4.41. The molecule has 0 unspecified atom stereocenters. The predicted molar refractivity (Wildman–Crippen MR) is 99.8 cm³/mol. The topological polar surface area (TPSA) is 43.6 Å². The first kappa shape index (κ1) is 18.4. The van der Waals surface area contributed by atoms with E-state index in [1.165, 1.54) is 56.9 Å². The minimum absolute atomic E-state index is 0.733. The smallest absolute Gasteiger partial charge is 0.151 e. The van der Waals surface area contributed by atoms with Gasteiger partial charge in [-0.15, -0.1) is 5.10 Å². The highest BCUT2D eigenvalue weighted by atomic mass is 15.5. The molecule has 0 bridgehead atoms. The van der Waals surface area contributed by atoms with Crippen molar-refractivity contribution in [3.8, 4) is 0 Å². The van der Waals surface area contributed by atoms with E-state index in [0.29, 0.717) is 0 Å². The van der Waals surface area contributed by atoms with Crippen molar-refractivity contribution in [3.63, 3.8) is 0 Å². The number of aromatic nitrogens is 4. The summed E-state index contributed by atoms with van der Waals surface area (Å²) in [5, 5.41) is 12.2. The van der Waals surface area contributed by atoms with Gasteiger partial charge < -0.3 is 0 Å². The summed E-state index contributed by atoms with van der Waals surface area (Å²) >= 11 is 0. The van der Waals surface area contributed by atoms with Crippen LogP contribution in [0.4, 0.5) is 0 Å². The molecule has 0 saturated heterocycles. The van der Waals surface area contributed by atoms with Crippen LogP contribution in [0.25, 0.3) is 6.08 Å². The van der Waals surface area contributed by atoms with Crippen LogP contribution in [-0.2, 0) is 13.0 Å². The second-order valence-corrected chi connectivity index (χ2v) is 6.42. The zero-order valence-corrected chi connectivity index (χ0v) is 15.0. The van der Waals surface area contributed by atoms with E-state index in [2.05, 4.69) is 53.3 Å². The molecule has 130 valence electrons. The number of hydrogen-bond donors (Lipinski definition) is 0. The molecule has 0 atom stereocenters. The number of aryl methyl sites for hydroxylation is 1. The summed E-state index contributed by atoms with van der Waals surface area (Å²) < 4.78 is 1.92. The molecule has 0 amide bonds. The van der Waals surface area contributed by atoms with E-state index in [0.717, 1.165) is 24.4 Å². The van der Waals surface area contributed by atoms with Gasteiger partial charge in [-0.05, 0) is 28.0 Å².